The Morgan fingerprint density at radius 1 is 1.15 bits per heavy atom. The van der Waals surface area contributed by atoms with E-state index in [2.05, 4.69) is 14.9 Å². The Hall–Kier alpha value is -2.14. The summed E-state index contributed by atoms with van der Waals surface area (Å²) in [4.78, 5) is 4.22. The van der Waals surface area contributed by atoms with Crippen LogP contribution in [0.2, 0.25) is 0 Å². The van der Waals surface area contributed by atoms with Gasteiger partial charge >= 0.3 is 6.36 Å². The van der Waals surface area contributed by atoms with E-state index in [9.17, 15) is 21.6 Å². The summed E-state index contributed by atoms with van der Waals surface area (Å²) >= 11 is 0. The van der Waals surface area contributed by atoms with Crippen LogP contribution in [0.5, 0.6) is 5.75 Å². The molecule has 2 heterocycles. The third-order valence-corrected chi connectivity index (χ3v) is 6.47. The van der Waals surface area contributed by atoms with E-state index in [4.69, 9.17) is 4.52 Å². The zero-order valence-corrected chi connectivity index (χ0v) is 14.8. The quantitative estimate of drug-likeness (QED) is 0.761. The van der Waals surface area contributed by atoms with Crippen molar-refractivity contribution in [2.24, 2.45) is 0 Å². The average Bonchev–Trinajstić information content (AvgIpc) is 3.12. The number of hydrogen-bond donors (Lipinski definition) is 0. The number of halogens is 3. The third-order valence-electron chi connectivity index (χ3n) is 4.55. The lowest BCUT2D eigenvalue weighted by Crippen LogP contribution is -2.30. The lowest BCUT2D eigenvalue weighted by Gasteiger charge is -2.21. The highest BCUT2D eigenvalue weighted by molar-refractivity contribution is 7.89. The second-order valence-corrected chi connectivity index (χ2v) is 8.45. The smallest absolute Gasteiger partial charge is 0.406 e. The number of hydrogen-bond acceptors (Lipinski definition) is 6. The number of rotatable bonds is 5. The molecule has 1 aromatic carbocycles. The van der Waals surface area contributed by atoms with Gasteiger partial charge in [0.15, 0.2) is 5.82 Å². The minimum absolute atomic E-state index is 0.120. The first-order chi connectivity index (χ1) is 12.7. The summed E-state index contributed by atoms with van der Waals surface area (Å²) in [6.45, 7) is 0.273. The fraction of sp³-hybridized carbons (Fsp3) is 0.500. The monoisotopic (exact) mass is 403 g/mol. The topological polar surface area (TPSA) is 85.5 Å². The van der Waals surface area contributed by atoms with Gasteiger partial charge in [-0.3, -0.25) is 0 Å². The Labute approximate surface area is 153 Å². The molecule has 0 radical (unpaired) electrons. The van der Waals surface area contributed by atoms with E-state index < -0.39 is 28.2 Å². The molecule has 0 amide bonds. The Morgan fingerprint density at radius 3 is 2.48 bits per heavy atom. The van der Waals surface area contributed by atoms with Gasteiger partial charge in [0.2, 0.25) is 15.9 Å². The zero-order valence-electron chi connectivity index (χ0n) is 14.0. The lowest BCUT2D eigenvalue weighted by molar-refractivity contribution is -0.274. The maximum atomic E-state index is 12.9. The van der Waals surface area contributed by atoms with Gasteiger partial charge in [-0.1, -0.05) is 5.16 Å². The Balaban J connectivity index is 1.56. The van der Waals surface area contributed by atoms with Gasteiger partial charge in [0.25, 0.3) is 0 Å². The lowest BCUT2D eigenvalue weighted by atomic mass is 10.2. The molecule has 2 aromatic rings. The number of nitrogens with zero attached hydrogens (tertiary/aromatic N) is 3. The van der Waals surface area contributed by atoms with Gasteiger partial charge in [-0.25, -0.2) is 8.42 Å². The highest BCUT2D eigenvalue weighted by Crippen LogP contribution is 2.41. The molecule has 0 spiro atoms. The maximum Gasteiger partial charge on any atom is 0.573 e. The fourth-order valence-electron chi connectivity index (χ4n) is 3.11. The van der Waals surface area contributed by atoms with Crippen LogP contribution in [0.1, 0.15) is 49.4 Å². The van der Waals surface area contributed by atoms with E-state index in [0.717, 1.165) is 37.1 Å². The van der Waals surface area contributed by atoms with Crippen LogP contribution in [0.4, 0.5) is 13.2 Å². The van der Waals surface area contributed by atoms with Gasteiger partial charge < -0.3 is 9.26 Å². The van der Waals surface area contributed by atoms with Crippen LogP contribution in [0.25, 0.3) is 0 Å². The largest absolute Gasteiger partial charge is 0.573 e. The Kier molecular flexibility index (Phi) is 4.38. The molecule has 27 heavy (non-hydrogen) atoms. The summed E-state index contributed by atoms with van der Waals surface area (Å²) < 4.78 is 72.9. The summed E-state index contributed by atoms with van der Waals surface area (Å²) in [6.07, 6.45) is -1.67. The summed E-state index contributed by atoms with van der Waals surface area (Å²) in [5, 5.41) is 3.93. The van der Waals surface area contributed by atoms with E-state index in [1.165, 1.54) is 4.31 Å². The summed E-state index contributed by atoms with van der Waals surface area (Å²) in [5.41, 5.74) is 0. The molecule has 4 rings (SSSR count). The molecule has 1 aliphatic carbocycles. The van der Waals surface area contributed by atoms with E-state index in [-0.39, 0.29) is 23.2 Å². The minimum Gasteiger partial charge on any atom is -0.406 e. The van der Waals surface area contributed by atoms with Crippen molar-refractivity contribution in [3.8, 4) is 5.75 Å². The molecule has 1 unspecified atom stereocenters. The highest BCUT2D eigenvalue weighted by Gasteiger charge is 2.40. The van der Waals surface area contributed by atoms with E-state index in [0.29, 0.717) is 18.7 Å². The summed E-state index contributed by atoms with van der Waals surface area (Å²) in [6, 6.07) is 3.57. The van der Waals surface area contributed by atoms with Crippen molar-refractivity contribution >= 4 is 10.0 Å². The maximum absolute atomic E-state index is 12.9. The number of alkyl halides is 3. The molecule has 1 aromatic heterocycles. The second-order valence-electron chi connectivity index (χ2n) is 6.56. The van der Waals surface area contributed by atoms with Crippen LogP contribution in [0.3, 0.4) is 0 Å². The molecule has 1 aliphatic heterocycles. The normalized spacial score (nSPS) is 21.5. The van der Waals surface area contributed by atoms with Gasteiger partial charge in [0.05, 0.1) is 4.90 Å². The van der Waals surface area contributed by atoms with Crippen molar-refractivity contribution < 1.29 is 30.8 Å². The number of aromatic nitrogens is 2. The van der Waals surface area contributed by atoms with E-state index >= 15 is 0 Å². The molecule has 2 aliphatic rings. The van der Waals surface area contributed by atoms with Crippen LogP contribution in [-0.2, 0) is 10.0 Å². The van der Waals surface area contributed by atoms with Crippen molar-refractivity contribution in [1.82, 2.24) is 14.4 Å². The molecular weight excluding hydrogens is 387 g/mol. The SMILES string of the molecule is O=S(=O)(c1ccc(OC(F)(F)F)cc1)N1CCCC1c1nc(C2CC2)no1. The number of sulfonamides is 1. The highest BCUT2D eigenvalue weighted by atomic mass is 32.2. The Morgan fingerprint density at radius 2 is 1.85 bits per heavy atom. The van der Waals surface area contributed by atoms with E-state index in [1.807, 2.05) is 0 Å². The molecular formula is C16H16F3N3O4S. The van der Waals surface area contributed by atoms with Crippen molar-refractivity contribution in [1.29, 1.82) is 0 Å². The molecule has 0 bridgehead atoms. The van der Waals surface area contributed by atoms with Crippen molar-refractivity contribution in [2.75, 3.05) is 6.54 Å². The molecule has 1 atom stereocenters. The van der Waals surface area contributed by atoms with Crippen LogP contribution in [0.15, 0.2) is 33.7 Å². The van der Waals surface area contributed by atoms with Gasteiger partial charge in [-0.2, -0.15) is 9.29 Å². The van der Waals surface area contributed by atoms with Crippen molar-refractivity contribution in [3.63, 3.8) is 0 Å². The van der Waals surface area contributed by atoms with Gasteiger partial charge in [-0.15, -0.1) is 13.2 Å². The van der Waals surface area contributed by atoms with Gasteiger partial charge in [0, 0.05) is 12.5 Å². The second kappa shape index (κ2) is 6.48. The van der Waals surface area contributed by atoms with Crippen molar-refractivity contribution in [3.05, 3.63) is 36.0 Å². The fourth-order valence-corrected chi connectivity index (χ4v) is 4.76. The first-order valence-corrected chi connectivity index (χ1v) is 9.89. The van der Waals surface area contributed by atoms with Crippen molar-refractivity contribution in [2.45, 2.75) is 48.9 Å². The zero-order chi connectivity index (χ0) is 19.2. The first-order valence-electron chi connectivity index (χ1n) is 8.45. The Bertz CT molecular complexity index is 923. The number of benzene rings is 1. The van der Waals surface area contributed by atoms with Crippen LogP contribution >= 0.6 is 0 Å². The molecule has 146 valence electrons. The van der Waals surface area contributed by atoms with Crippen LogP contribution in [0, 0.1) is 0 Å². The van der Waals surface area contributed by atoms with Crippen LogP contribution in [-0.4, -0.2) is 35.8 Å². The predicted molar refractivity (Wildman–Crippen MR) is 85.3 cm³/mol. The first kappa shape index (κ1) is 18.2. The van der Waals surface area contributed by atoms with Crippen LogP contribution < -0.4 is 4.74 Å². The minimum atomic E-state index is -4.84. The number of ether oxygens (including phenoxy) is 1. The molecule has 2 fully saturated rings. The average molecular weight is 403 g/mol. The standard InChI is InChI=1S/C16H16F3N3O4S/c17-16(18,19)25-11-5-7-12(8-6-11)27(23,24)22-9-1-2-13(22)15-20-14(21-26-15)10-3-4-10/h5-8,10,13H,1-4,9H2. The molecule has 1 saturated carbocycles. The van der Waals surface area contributed by atoms with Gasteiger partial charge in [0.1, 0.15) is 11.8 Å². The third kappa shape index (κ3) is 3.79. The molecule has 11 heteroatoms. The van der Waals surface area contributed by atoms with Gasteiger partial charge in [-0.05, 0) is 49.9 Å². The summed E-state index contributed by atoms with van der Waals surface area (Å²) in [7, 11) is -3.92. The molecule has 7 nitrogen and oxygen atoms in total. The molecule has 1 saturated heterocycles. The summed E-state index contributed by atoms with van der Waals surface area (Å²) in [5.74, 6) is 0.665. The molecule has 0 N–H and O–H groups in total. The van der Waals surface area contributed by atoms with E-state index in [1.54, 1.807) is 0 Å². The predicted octanol–water partition coefficient (Wildman–Crippen LogP) is 3.37.